The molecule has 1 atom stereocenters. The third-order valence-electron chi connectivity index (χ3n) is 4.97. The summed E-state index contributed by atoms with van der Waals surface area (Å²) < 4.78 is 5.28. The molecule has 4 N–H and O–H groups in total. The van der Waals surface area contributed by atoms with Crippen molar-refractivity contribution in [2.45, 2.75) is 45.6 Å². The van der Waals surface area contributed by atoms with Crippen LogP contribution in [0.25, 0.3) is 0 Å². The zero-order valence-corrected chi connectivity index (χ0v) is 16.8. The van der Waals surface area contributed by atoms with Crippen LogP contribution in [0, 0.1) is 5.41 Å². The van der Waals surface area contributed by atoms with E-state index < -0.39 is 11.9 Å². The molecule has 2 rings (SSSR count). The Bertz CT molecular complexity index is 650. The molecule has 1 aliphatic rings. The summed E-state index contributed by atoms with van der Waals surface area (Å²) >= 11 is 0. The second-order valence-electron chi connectivity index (χ2n) is 7.76. The van der Waals surface area contributed by atoms with Gasteiger partial charge in [0.05, 0.1) is 13.2 Å². The van der Waals surface area contributed by atoms with Gasteiger partial charge >= 0.3 is 0 Å². The quantitative estimate of drug-likeness (QED) is 0.833. The van der Waals surface area contributed by atoms with Gasteiger partial charge < -0.3 is 21.1 Å². The van der Waals surface area contributed by atoms with Gasteiger partial charge in [-0.05, 0) is 47.9 Å². The fraction of sp³-hybridized carbons (Fsp3) is 0.579. The van der Waals surface area contributed by atoms with E-state index in [9.17, 15) is 9.59 Å². The molecule has 0 radical (unpaired) electrons. The lowest BCUT2D eigenvalue weighted by Gasteiger charge is -2.37. The van der Waals surface area contributed by atoms with Gasteiger partial charge in [0.15, 0.2) is 0 Å². The summed E-state index contributed by atoms with van der Waals surface area (Å²) in [5, 5.41) is 0. The minimum Gasteiger partial charge on any atom is -0.497 e. The number of carbonyl (C=O) groups excluding carboxylic acids is 2. The number of ether oxygens (including phenoxy) is 1. The van der Waals surface area contributed by atoms with Gasteiger partial charge in [-0.25, -0.2) is 0 Å². The molecule has 0 bridgehead atoms. The Morgan fingerprint density at radius 3 is 2.27 bits per heavy atom. The SMILES string of the molecule is COc1ccc(C(N)=O)c(C2CCN(C(=O)[C@@H](N)C(C)(C)C)CC2)c1.Cl. The number of amides is 2. The van der Waals surface area contributed by atoms with Crippen molar-refractivity contribution in [3.8, 4) is 5.75 Å². The molecule has 1 saturated heterocycles. The monoisotopic (exact) mass is 383 g/mol. The summed E-state index contributed by atoms with van der Waals surface area (Å²) in [5.41, 5.74) is 12.8. The molecule has 6 nitrogen and oxygen atoms in total. The second-order valence-corrected chi connectivity index (χ2v) is 7.76. The van der Waals surface area contributed by atoms with E-state index in [1.165, 1.54) is 0 Å². The Morgan fingerprint density at radius 1 is 1.23 bits per heavy atom. The lowest BCUT2D eigenvalue weighted by Crippen LogP contribution is -2.52. The predicted octanol–water partition coefficient (Wildman–Crippen LogP) is 2.30. The standard InChI is InChI=1S/C19H29N3O3.ClH/c1-19(2,3)16(20)18(24)22-9-7-12(8-10-22)15-11-13(25-4)5-6-14(15)17(21)23;/h5-6,11-12,16H,7-10,20H2,1-4H3,(H2,21,23);1H/t16-;/m1./s1. The highest BCUT2D eigenvalue weighted by Gasteiger charge is 2.33. The number of nitrogens with zero attached hydrogens (tertiary/aromatic N) is 1. The number of rotatable bonds is 4. The Morgan fingerprint density at radius 2 is 1.81 bits per heavy atom. The van der Waals surface area contributed by atoms with Crippen molar-refractivity contribution in [3.05, 3.63) is 29.3 Å². The van der Waals surface area contributed by atoms with Crippen LogP contribution in [0.5, 0.6) is 5.75 Å². The third kappa shape index (κ3) is 4.89. The highest BCUT2D eigenvalue weighted by atomic mass is 35.5. The van der Waals surface area contributed by atoms with Crippen molar-refractivity contribution >= 4 is 24.2 Å². The summed E-state index contributed by atoms with van der Waals surface area (Å²) in [4.78, 5) is 26.1. The van der Waals surface area contributed by atoms with Gasteiger partial charge in [0.2, 0.25) is 11.8 Å². The fourth-order valence-electron chi connectivity index (χ4n) is 3.21. The number of nitrogens with two attached hydrogens (primary N) is 2. The fourth-order valence-corrected chi connectivity index (χ4v) is 3.21. The molecule has 0 spiro atoms. The molecule has 0 unspecified atom stereocenters. The summed E-state index contributed by atoms with van der Waals surface area (Å²) in [7, 11) is 1.60. The molecular formula is C19H30ClN3O3. The van der Waals surface area contributed by atoms with Crippen LogP contribution in [-0.4, -0.2) is 43.0 Å². The Kier molecular flexibility index (Phi) is 7.47. The number of hydrogen-bond donors (Lipinski definition) is 2. The molecule has 1 fully saturated rings. The zero-order chi connectivity index (χ0) is 18.8. The lowest BCUT2D eigenvalue weighted by atomic mass is 9.84. The first-order chi connectivity index (χ1) is 11.6. The van der Waals surface area contributed by atoms with Gasteiger partial charge in [0.25, 0.3) is 0 Å². The second kappa shape index (κ2) is 8.73. The summed E-state index contributed by atoms with van der Waals surface area (Å²) in [6, 6.07) is 4.82. The number of primary amides is 1. The Hall–Kier alpha value is -1.79. The van der Waals surface area contributed by atoms with Crippen LogP contribution < -0.4 is 16.2 Å². The molecule has 1 aromatic carbocycles. The Balaban J connectivity index is 0.00000338. The van der Waals surface area contributed by atoms with Crippen molar-refractivity contribution in [2.24, 2.45) is 16.9 Å². The van der Waals surface area contributed by atoms with Gasteiger partial charge in [0.1, 0.15) is 5.75 Å². The lowest BCUT2D eigenvalue weighted by molar-refractivity contribution is -0.136. The van der Waals surface area contributed by atoms with Crippen molar-refractivity contribution < 1.29 is 14.3 Å². The first-order valence-corrected chi connectivity index (χ1v) is 8.67. The summed E-state index contributed by atoms with van der Waals surface area (Å²) in [6.45, 7) is 7.17. The number of carbonyl (C=O) groups is 2. The largest absolute Gasteiger partial charge is 0.497 e. The van der Waals surface area contributed by atoms with Gasteiger partial charge in [-0.3, -0.25) is 9.59 Å². The molecule has 1 aromatic rings. The first kappa shape index (κ1) is 22.3. The molecule has 0 aliphatic carbocycles. The van der Waals surface area contributed by atoms with Gasteiger partial charge in [-0.15, -0.1) is 12.4 Å². The molecule has 1 aliphatic heterocycles. The molecule has 26 heavy (non-hydrogen) atoms. The first-order valence-electron chi connectivity index (χ1n) is 8.67. The Labute approximate surface area is 161 Å². The molecule has 0 saturated carbocycles. The van der Waals surface area contributed by atoms with E-state index in [1.807, 2.05) is 31.7 Å². The number of hydrogen-bond acceptors (Lipinski definition) is 4. The molecule has 7 heteroatoms. The minimum absolute atomic E-state index is 0. The number of halogens is 1. The highest BCUT2D eigenvalue weighted by Crippen LogP contribution is 2.33. The van der Waals surface area contributed by atoms with Crippen molar-refractivity contribution in [3.63, 3.8) is 0 Å². The summed E-state index contributed by atoms with van der Waals surface area (Å²) in [6.07, 6.45) is 1.55. The smallest absolute Gasteiger partial charge is 0.248 e. The van der Waals surface area contributed by atoms with E-state index in [2.05, 4.69) is 0 Å². The topological polar surface area (TPSA) is 98.6 Å². The van der Waals surface area contributed by atoms with Crippen LogP contribution in [0.4, 0.5) is 0 Å². The van der Waals surface area contributed by atoms with E-state index in [1.54, 1.807) is 19.2 Å². The maximum absolute atomic E-state index is 12.6. The zero-order valence-electron chi connectivity index (χ0n) is 16.0. The summed E-state index contributed by atoms with van der Waals surface area (Å²) in [5.74, 6) is 0.429. The van der Waals surface area contributed by atoms with E-state index in [-0.39, 0.29) is 29.6 Å². The van der Waals surface area contributed by atoms with Crippen LogP contribution in [0.2, 0.25) is 0 Å². The third-order valence-corrected chi connectivity index (χ3v) is 4.97. The van der Waals surface area contributed by atoms with Crippen LogP contribution in [0.1, 0.15) is 55.5 Å². The average molecular weight is 384 g/mol. The molecule has 146 valence electrons. The van der Waals surface area contributed by atoms with Crippen LogP contribution in [-0.2, 0) is 4.79 Å². The molecule has 2 amide bonds. The molecular weight excluding hydrogens is 354 g/mol. The van der Waals surface area contributed by atoms with E-state index >= 15 is 0 Å². The maximum atomic E-state index is 12.6. The van der Waals surface area contributed by atoms with Gasteiger partial charge in [-0.1, -0.05) is 20.8 Å². The number of benzene rings is 1. The van der Waals surface area contributed by atoms with E-state index in [4.69, 9.17) is 16.2 Å². The number of methoxy groups -OCH3 is 1. The normalized spacial score (nSPS) is 16.6. The van der Waals surface area contributed by atoms with Crippen LogP contribution in [0.3, 0.4) is 0 Å². The minimum atomic E-state index is -0.512. The predicted molar refractivity (Wildman–Crippen MR) is 105 cm³/mol. The van der Waals surface area contributed by atoms with Crippen molar-refractivity contribution in [1.29, 1.82) is 0 Å². The molecule has 0 aromatic heterocycles. The van der Waals surface area contributed by atoms with Gasteiger partial charge in [0, 0.05) is 18.7 Å². The van der Waals surface area contributed by atoms with E-state index in [0.717, 1.165) is 18.4 Å². The maximum Gasteiger partial charge on any atom is 0.248 e. The molecule has 1 heterocycles. The highest BCUT2D eigenvalue weighted by molar-refractivity contribution is 5.94. The number of piperidine rings is 1. The average Bonchev–Trinajstić information content (AvgIpc) is 2.59. The van der Waals surface area contributed by atoms with Crippen molar-refractivity contribution in [2.75, 3.05) is 20.2 Å². The van der Waals surface area contributed by atoms with Gasteiger partial charge in [-0.2, -0.15) is 0 Å². The van der Waals surface area contributed by atoms with E-state index in [0.29, 0.717) is 24.4 Å². The van der Waals surface area contributed by atoms with Crippen LogP contribution >= 0.6 is 12.4 Å². The number of likely N-dealkylation sites (tertiary alicyclic amines) is 1. The van der Waals surface area contributed by atoms with Crippen molar-refractivity contribution in [1.82, 2.24) is 4.90 Å². The van der Waals surface area contributed by atoms with Crippen LogP contribution in [0.15, 0.2) is 18.2 Å².